The van der Waals surface area contributed by atoms with Gasteiger partial charge >= 0.3 is 0 Å². The molecule has 0 atom stereocenters. The zero-order valence-corrected chi connectivity index (χ0v) is 10.5. The van der Waals surface area contributed by atoms with Crippen LogP contribution in [0.2, 0.25) is 5.15 Å². The van der Waals surface area contributed by atoms with E-state index in [0.717, 1.165) is 17.0 Å². The molecular formula is C10H15ClN2S. The molecule has 0 saturated carbocycles. The molecule has 0 aliphatic carbocycles. The second-order valence-electron chi connectivity index (χ2n) is 4.02. The largest absolute Gasteiger partial charge is 0.230 e. The van der Waals surface area contributed by atoms with Gasteiger partial charge in [-0.2, -0.15) is 0 Å². The van der Waals surface area contributed by atoms with Gasteiger partial charge in [0, 0.05) is 10.3 Å². The summed E-state index contributed by atoms with van der Waals surface area (Å²) in [5.41, 5.74) is 1.05. The predicted molar refractivity (Wildman–Crippen MR) is 62.0 cm³/mol. The number of aromatic nitrogens is 2. The molecular weight excluding hydrogens is 216 g/mol. The van der Waals surface area contributed by atoms with Gasteiger partial charge in [0.2, 0.25) is 0 Å². The van der Waals surface area contributed by atoms with E-state index in [2.05, 4.69) is 37.7 Å². The fourth-order valence-electron chi connectivity index (χ4n) is 1.05. The summed E-state index contributed by atoms with van der Waals surface area (Å²) < 4.78 is 0.154. The Labute approximate surface area is 94.5 Å². The van der Waals surface area contributed by atoms with Crippen LogP contribution >= 0.6 is 23.4 Å². The van der Waals surface area contributed by atoms with Gasteiger partial charge in [-0.3, -0.25) is 0 Å². The van der Waals surface area contributed by atoms with Gasteiger partial charge < -0.3 is 0 Å². The van der Waals surface area contributed by atoms with Crippen LogP contribution in [-0.4, -0.2) is 14.7 Å². The van der Waals surface area contributed by atoms with Crippen molar-refractivity contribution in [3.8, 4) is 0 Å². The van der Waals surface area contributed by atoms with Crippen molar-refractivity contribution in [2.24, 2.45) is 0 Å². The van der Waals surface area contributed by atoms with Crippen molar-refractivity contribution in [3.63, 3.8) is 0 Å². The van der Waals surface area contributed by atoms with Gasteiger partial charge in [0.25, 0.3) is 0 Å². The summed E-state index contributed by atoms with van der Waals surface area (Å²) in [5, 5.41) is 1.58. The molecule has 1 aromatic rings. The number of nitrogens with zero attached hydrogens (tertiary/aromatic N) is 2. The molecule has 2 nitrogen and oxygen atoms in total. The molecule has 1 heterocycles. The lowest BCUT2D eigenvalue weighted by Crippen LogP contribution is -2.09. The minimum atomic E-state index is 0.154. The van der Waals surface area contributed by atoms with Crippen LogP contribution < -0.4 is 0 Å². The van der Waals surface area contributed by atoms with Crippen LogP contribution in [0.1, 0.15) is 33.3 Å². The standard InChI is InChI=1S/C10H15ClN2S/c1-5-7-8(11)12-6-13-9(7)14-10(2,3)4/h6H,5H2,1-4H3. The van der Waals surface area contributed by atoms with Gasteiger partial charge in [-0.25, -0.2) is 9.97 Å². The third kappa shape index (κ3) is 3.14. The topological polar surface area (TPSA) is 25.8 Å². The summed E-state index contributed by atoms with van der Waals surface area (Å²) in [5.74, 6) is 0. The molecule has 0 bridgehead atoms. The van der Waals surface area contributed by atoms with E-state index >= 15 is 0 Å². The van der Waals surface area contributed by atoms with Gasteiger partial charge in [0.15, 0.2) is 0 Å². The molecule has 0 aliphatic heterocycles. The summed E-state index contributed by atoms with van der Waals surface area (Å²) >= 11 is 7.72. The molecule has 0 radical (unpaired) electrons. The van der Waals surface area contributed by atoms with Crippen LogP contribution in [0, 0.1) is 0 Å². The predicted octanol–water partition coefficient (Wildman–Crippen LogP) is 3.58. The maximum atomic E-state index is 5.99. The monoisotopic (exact) mass is 230 g/mol. The van der Waals surface area contributed by atoms with Crippen LogP contribution in [0.3, 0.4) is 0 Å². The van der Waals surface area contributed by atoms with Crippen molar-refractivity contribution < 1.29 is 0 Å². The van der Waals surface area contributed by atoms with Crippen molar-refractivity contribution in [2.75, 3.05) is 0 Å². The first-order valence-corrected chi connectivity index (χ1v) is 5.82. The summed E-state index contributed by atoms with van der Waals surface area (Å²) in [6.45, 7) is 8.55. The fraction of sp³-hybridized carbons (Fsp3) is 0.600. The molecule has 78 valence electrons. The van der Waals surface area contributed by atoms with Crippen LogP contribution in [0.4, 0.5) is 0 Å². The number of hydrogen-bond acceptors (Lipinski definition) is 3. The van der Waals surface area contributed by atoms with Crippen molar-refractivity contribution in [1.29, 1.82) is 0 Å². The second-order valence-corrected chi connectivity index (χ2v) is 6.19. The number of halogens is 1. The molecule has 4 heteroatoms. The van der Waals surface area contributed by atoms with E-state index in [1.807, 2.05) is 0 Å². The van der Waals surface area contributed by atoms with Crippen molar-refractivity contribution in [3.05, 3.63) is 17.0 Å². The van der Waals surface area contributed by atoms with Crippen molar-refractivity contribution in [1.82, 2.24) is 9.97 Å². The molecule has 0 unspecified atom stereocenters. The van der Waals surface area contributed by atoms with E-state index in [9.17, 15) is 0 Å². The van der Waals surface area contributed by atoms with Crippen molar-refractivity contribution in [2.45, 2.75) is 43.9 Å². The zero-order chi connectivity index (χ0) is 10.8. The Morgan fingerprint density at radius 2 is 2.00 bits per heavy atom. The molecule has 0 amide bonds. The molecule has 0 spiro atoms. The van der Waals surface area contributed by atoms with E-state index in [-0.39, 0.29) is 4.75 Å². The molecule has 0 saturated heterocycles. The smallest absolute Gasteiger partial charge is 0.136 e. The fourth-order valence-corrected chi connectivity index (χ4v) is 2.42. The first-order valence-electron chi connectivity index (χ1n) is 4.62. The Bertz CT molecular complexity index is 320. The van der Waals surface area contributed by atoms with Gasteiger partial charge in [0.05, 0.1) is 0 Å². The Morgan fingerprint density at radius 1 is 1.36 bits per heavy atom. The zero-order valence-electron chi connectivity index (χ0n) is 8.97. The maximum Gasteiger partial charge on any atom is 0.136 e. The quantitative estimate of drug-likeness (QED) is 0.574. The summed E-state index contributed by atoms with van der Waals surface area (Å²) in [6.07, 6.45) is 2.40. The molecule has 1 rings (SSSR count). The molecule has 0 aromatic carbocycles. The van der Waals surface area contributed by atoms with Crippen LogP contribution in [0.5, 0.6) is 0 Å². The highest BCUT2D eigenvalue weighted by molar-refractivity contribution is 8.00. The lowest BCUT2D eigenvalue weighted by atomic mass is 10.2. The van der Waals surface area contributed by atoms with E-state index in [1.54, 1.807) is 11.8 Å². The Hall–Kier alpha value is -0.280. The number of thioether (sulfide) groups is 1. The Morgan fingerprint density at radius 3 is 2.50 bits per heavy atom. The van der Waals surface area contributed by atoms with E-state index < -0.39 is 0 Å². The summed E-state index contributed by atoms with van der Waals surface area (Å²) in [7, 11) is 0. The number of hydrogen-bond donors (Lipinski definition) is 0. The minimum Gasteiger partial charge on any atom is -0.230 e. The SMILES string of the molecule is CCc1c(Cl)ncnc1SC(C)(C)C. The van der Waals surface area contributed by atoms with Crippen LogP contribution in [-0.2, 0) is 6.42 Å². The highest BCUT2D eigenvalue weighted by atomic mass is 35.5. The molecule has 0 N–H and O–H groups in total. The Balaban J connectivity index is 3.02. The highest BCUT2D eigenvalue weighted by Crippen LogP contribution is 2.34. The molecule has 0 fully saturated rings. The molecule has 14 heavy (non-hydrogen) atoms. The van der Waals surface area contributed by atoms with Gasteiger partial charge in [-0.1, -0.05) is 39.3 Å². The summed E-state index contributed by atoms with van der Waals surface area (Å²) in [6, 6.07) is 0. The van der Waals surface area contributed by atoms with E-state index in [4.69, 9.17) is 11.6 Å². The van der Waals surface area contributed by atoms with Gasteiger partial charge in [-0.15, -0.1) is 11.8 Å². The maximum absolute atomic E-state index is 5.99. The lowest BCUT2D eigenvalue weighted by molar-refractivity contribution is 0.794. The van der Waals surface area contributed by atoms with Gasteiger partial charge in [-0.05, 0) is 6.42 Å². The van der Waals surface area contributed by atoms with Crippen molar-refractivity contribution >= 4 is 23.4 Å². The van der Waals surface area contributed by atoms with E-state index in [0.29, 0.717) is 5.15 Å². The third-order valence-corrected chi connectivity index (χ3v) is 3.09. The second kappa shape index (κ2) is 4.49. The molecule has 0 aliphatic rings. The normalized spacial score (nSPS) is 11.8. The average Bonchev–Trinajstić information content (AvgIpc) is 2.01. The third-order valence-electron chi connectivity index (χ3n) is 1.61. The van der Waals surface area contributed by atoms with Crippen LogP contribution in [0.15, 0.2) is 11.4 Å². The van der Waals surface area contributed by atoms with Crippen LogP contribution in [0.25, 0.3) is 0 Å². The minimum absolute atomic E-state index is 0.154. The highest BCUT2D eigenvalue weighted by Gasteiger charge is 2.17. The summed E-state index contributed by atoms with van der Waals surface area (Å²) in [4.78, 5) is 8.24. The average molecular weight is 231 g/mol. The number of rotatable bonds is 2. The van der Waals surface area contributed by atoms with E-state index in [1.165, 1.54) is 6.33 Å². The first kappa shape index (κ1) is 11.8. The lowest BCUT2D eigenvalue weighted by Gasteiger charge is -2.18. The van der Waals surface area contributed by atoms with Gasteiger partial charge in [0.1, 0.15) is 16.5 Å². The first-order chi connectivity index (χ1) is 6.44. The molecule has 1 aromatic heterocycles. The Kier molecular flexibility index (Phi) is 3.78.